The van der Waals surface area contributed by atoms with Gasteiger partial charge in [0.1, 0.15) is 0 Å². The first-order chi connectivity index (χ1) is 10.3. The van der Waals surface area contributed by atoms with Crippen LogP contribution >= 0.6 is 0 Å². The summed E-state index contributed by atoms with van der Waals surface area (Å²) in [7, 11) is 3.24. The fraction of sp³-hybridized carbons (Fsp3) is 0.462. The van der Waals surface area contributed by atoms with E-state index in [1.807, 2.05) is 12.1 Å². The van der Waals surface area contributed by atoms with Crippen LogP contribution in [0, 0.1) is 0 Å². The first-order valence-corrected chi connectivity index (χ1v) is 6.56. The fourth-order valence-electron chi connectivity index (χ4n) is 1.62. The molecule has 0 amide bonds. The van der Waals surface area contributed by atoms with Crippen molar-refractivity contribution in [2.45, 2.75) is 13.1 Å². The van der Waals surface area contributed by atoms with Crippen LogP contribution in [0.5, 0.6) is 5.88 Å². The molecule has 0 aliphatic carbocycles. The summed E-state index contributed by atoms with van der Waals surface area (Å²) in [6.07, 6.45) is 1.69. The molecule has 2 rings (SSSR count). The molecule has 8 nitrogen and oxygen atoms in total. The lowest BCUT2D eigenvalue weighted by molar-refractivity contribution is 0.198. The molecular formula is C13H19N5O3. The Morgan fingerprint density at radius 2 is 2.14 bits per heavy atom. The number of ether oxygens (including phenoxy) is 2. The molecule has 0 aliphatic rings. The Kier molecular flexibility index (Phi) is 5.92. The Morgan fingerprint density at radius 3 is 2.95 bits per heavy atom. The highest BCUT2D eigenvalue weighted by Gasteiger charge is 2.05. The first kappa shape index (κ1) is 15.2. The van der Waals surface area contributed by atoms with E-state index in [4.69, 9.17) is 13.9 Å². The molecule has 0 radical (unpaired) electrons. The number of hydrogen-bond donors (Lipinski definition) is 2. The maximum absolute atomic E-state index is 5.46. The normalized spacial score (nSPS) is 10.6. The van der Waals surface area contributed by atoms with Crippen LogP contribution in [0.2, 0.25) is 0 Å². The highest BCUT2D eigenvalue weighted by atomic mass is 16.5. The van der Waals surface area contributed by atoms with E-state index in [2.05, 4.69) is 25.8 Å². The lowest BCUT2D eigenvalue weighted by Crippen LogP contribution is -2.18. The smallest absolute Gasteiger partial charge is 0.315 e. The highest BCUT2D eigenvalue weighted by Crippen LogP contribution is 2.11. The molecule has 0 unspecified atom stereocenters. The van der Waals surface area contributed by atoms with E-state index in [-0.39, 0.29) is 0 Å². The van der Waals surface area contributed by atoms with Gasteiger partial charge in [-0.25, -0.2) is 4.98 Å². The highest BCUT2D eigenvalue weighted by molar-refractivity contribution is 5.26. The van der Waals surface area contributed by atoms with Crippen molar-refractivity contribution in [3.05, 3.63) is 29.8 Å². The minimum Gasteiger partial charge on any atom is -0.481 e. The van der Waals surface area contributed by atoms with Gasteiger partial charge in [-0.15, -0.1) is 5.10 Å². The van der Waals surface area contributed by atoms with Crippen LogP contribution in [-0.2, 0) is 17.8 Å². The van der Waals surface area contributed by atoms with Gasteiger partial charge in [-0.2, -0.15) is 0 Å². The average molecular weight is 293 g/mol. The third-order valence-corrected chi connectivity index (χ3v) is 2.68. The Balaban J connectivity index is 1.79. The third-order valence-electron chi connectivity index (χ3n) is 2.68. The van der Waals surface area contributed by atoms with Crippen molar-refractivity contribution in [1.29, 1.82) is 0 Å². The summed E-state index contributed by atoms with van der Waals surface area (Å²) in [6.45, 7) is 2.44. The molecule has 114 valence electrons. The zero-order chi connectivity index (χ0) is 14.9. The minimum absolute atomic E-state index is 0.384. The average Bonchev–Trinajstić information content (AvgIpc) is 2.98. The predicted octanol–water partition coefficient (Wildman–Crippen LogP) is 0.821. The van der Waals surface area contributed by atoms with Crippen LogP contribution in [0.15, 0.2) is 22.7 Å². The van der Waals surface area contributed by atoms with E-state index in [1.165, 1.54) is 0 Å². The van der Waals surface area contributed by atoms with Crippen molar-refractivity contribution in [2.75, 3.05) is 32.7 Å². The van der Waals surface area contributed by atoms with Gasteiger partial charge in [0.05, 0.1) is 20.3 Å². The van der Waals surface area contributed by atoms with Crippen molar-refractivity contribution in [1.82, 2.24) is 20.5 Å². The number of methoxy groups -OCH3 is 2. The van der Waals surface area contributed by atoms with Gasteiger partial charge in [0.15, 0.2) is 0 Å². The summed E-state index contributed by atoms with van der Waals surface area (Å²) in [6, 6.07) is 4.12. The van der Waals surface area contributed by atoms with Gasteiger partial charge in [-0.1, -0.05) is 5.10 Å². The van der Waals surface area contributed by atoms with Crippen molar-refractivity contribution < 1.29 is 13.9 Å². The molecule has 21 heavy (non-hydrogen) atoms. The van der Waals surface area contributed by atoms with Gasteiger partial charge in [0.25, 0.3) is 0 Å². The van der Waals surface area contributed by atoms with E-state index >= 15 is 0 Å². The second-order valence-corrected chi connectivity index (χ2v) is 4.23. The van der Waals surface area contributed by atoms with E-state index in [1.54, 1.807) is 20.4 Å². The molecule has 0 saturated heterocycles. The van der Waals surface area contributed by atoms with Gasteiger partial charge in [-0.3, -0.25) is 0 Å². The minimum atomic E-state index is 0.384. The summed E-state index contributed by atoms with van der Waals surface area (Å²) in [5.41, 5.74) is 1.01. The van der Waals surface area contributed by atoms with Crippen LogP contribution in [0.3, 0.4) is 0 Å². The standard InChI is InChI=1S/C13H19N5O3/c1-19-6-5-14-9-12-17-18-13(21-12)16-8-10-3-4-15-11(7-10)20-2/h3-4,7,14H,5-6,8-9H2,1-2H3,(H,16,18). The molecular weight excluding hydrogens is 274 g/mol. The Bertz CT molecular complexity index is 546. The second-order valence-electron chi connectivity index (χ2n) is 4.23. The Labute approximate surface area is 122 Å². The number of hydrogen-bond acceptors (Lipinski definition) is 8. The van der Waals surface area contributed by atoms with Crippen molar-refractivity contribution in [3.63, 3.8) is 0 Å². The zero-order valence-electron chi connectivity index (χ0n) is 12.1. The third kappa shape index (κ3) is 5.01. The molecule has 2 aromatic heterocycles. The van der Waals surface area contributed by atoms with Crippen molar-refractivity contribution >= 4 is 6.01 Å². The Morgan fingerprint density at radius 1 is 1.24 bits per heavy atom. The number of aromatic nitrogens is 3. The van der Waals surface area contributed by atoms with Gasteiger partial charge >= 0.3 is 6.01 Å². The quantitative estimate of drug-likeness (QED) is 0.656. The largest absolute Gasteiger partial charge is 0.481 e. The predicted molar refractivity (Wildman–Crippen MR) is 76.0 cm³/mol. The molecule has 0 saturated carbocycles. The van der Waals surface area contributed by atoms with Crippen LogP contribution in [0.1, 0.15) is 11.5 Å². The molecule has 0 aromatic carbocycles. The lowest BCUT2D eigenvalue weighted by atomic mass is 10.2. The maximum atomic E-state index is 5.46. The van der Waals surface area contributed by atoms with Crippen molar-refractivity contribution in [3.8, 4) is 5.88 Å². The molecule has 0 atom stereocenters. The van der Waals surface area contributed by atoms with Gasteiger partial charge in [0, 0.05) is 32.5 Å². The maximum Gasteiger partial charge on any atom is 0.315 e. The van der Waals surface area contributed by atoms with E-state index in [9.17, 15) is 0 Å². The van der Waals surface area contributed by atoms with Gasteiger partial charge in [0.2, 0.25) is 11.8 Å². The lowest BCUT2D eigenvalue weighted by Gasteiger charge is -2.03. The first-order valence-electron chi connectivity index (χ1n) is 6.56. The summed E-state index contributed by atoms with van der Waals surface area (Å²) < 4.78 is 15.5. The Hall–Kier alpha value is -2.19. The second kappa shape index (κ2) is 8.18. The van der Waals surface area contributed by atoms with Gasteiger partial charge in [-0.05, 0) is 11.6 Å². The molecule has 2 heterocycles. The summed E-state index contributed by atoms with van der Waals surface area (Å²) in [5, 5.41) is 14.1. The van der Waals surface area contributed by atoms with Gasteiger partial charge < -0.3 is 24.5 Å². The molecule has 8 heteroatoms. The molecule has 0 aliphatic heterocycles. The molecule has 2 aromatic rings. The van der Waals surface area contributed by atoms with E-state index in [0.717, 1.165) is 12.1 Å². The summed E-state index contributed by atoms with van der Waals surface area (Å²) >= 11 is 0. The zero-order valence-corrected chi connectivity index (χ0v) is 12.1. The molecule has 0 bridgehead atoms. The topological polar surface area (TPSA) is 94.3 Å². The number of nitrogens with zero attached hydrogens (tertiary/aromatic N) is 3. The van der Waals surface area contributed by atoms with E-state index < -0.39 is 0 Å². The van der Waals surface area contributed by atoms with Crippen molar-refractivity contribution in [2.24, 2.45) is 0 Å². The van der Waals surface area contributed by atoms with Crippen LogP contribution in [-0.4, -0.2) is 42.6 Å². The molecule has 0 spiro atoms. The van der Waals surface area contributed by atoms with Crippen LogP contribution in [0.4, 0.5) is 6.01 Å². The number of nitrogens with one attached hydrogen (secondary N) is 2. The molecule has 2 N–H and O–H groups in total. The number of anilines is 1. The number of rotatable bonds is 9. The molecule has 0 fully saturated rings. The number of pyridine rings is 1. The van der Waals surface area contributed by atoms with Crippen LogP contribution in [0.25, 0.3) is 0 Å². The monoisotopic (exact) mass is 293 g/mol. The van der Waals surface area contributed by atoms with E-state index in [0.29, 0.717) is 37.5 Å². The van der Waals surface area contributed by atoms with Crippen LogP contribution < -0.4 is 15.4 Å². The summed E-state index contributed by atoms with van der Waals surface area (Å²) in [5.74, 6) is 1.10. The fourth-order valence-corrected chi connectivity index (χ4v) is 1.62. The summed E-state index contributed by atoms with van der Waals surface area (Å²) in [4.78, 5) is 4.05. The SMILES string of the molecule is COCCNCc1nnc(NCc2ccnc(OC)c2)o1.